The molecule has 0 aromatic heterocycles. The van der Waals surface area contributed by atoms with Crippen molar-refractivity contribution in [3.8, 4) is 0 Å². The number of thioether (sulfide) groups is 1. The van der Waals surface area contributed by atoms with Gasteiger partial charge in [-0.25, -0.2) is 0 Å². The maximum Gasteiger partial charge on any atom is 0.233 e. The zero-order chi connectivity index (χ0) is 14.4. The van der Waals surface area contributed by atoms with Crippen molar-refractivity contribution in [2.24, 2.45) is 0 Å². The molecule has 20 heavy (non-hydrogen) atoms. The molecule has 1 aliphatic rings. The van der Waals surface area contributed by atoms with Crippen LogP contribution in [0.3, 0.4) is 0 Å². The number of aliphatic hydroxyl groups excluding tert-OH is 1. The number of rotatable bonds is 5. The molecule has 0 aliphatic carbocycles. The Kier molecular flexibility index (Phi) is 6.16. The van der Waals surface area contributed by atoms with Crippen LogP contribution in [-0.4, -0.2) is 65.9 Å². The Hall–Kier alpha value is -0.750. The van der Waals surface area contributed by atoms with Gasteiger partial charge in [0.25, 0.3) is 0 Å². The number of amides is 1. The van der Waals surface area contributed by atoms with Gasteiger partial charge in [-0.3, -0.25) is 9.69 Å². The summed E-state index contributed by atoms with van der Waals surface area (Å²) in [5.41, 5.74) is 0. The number of carbonyl (C=O) groups excluding carboxylic acids is 1. The lowest BCUT2D eigenvalue weighted by molar-refractivity contribution is -0.130. The maximum absolute atomic E-state index is 12.1. The van der Waals surface area contributed by atoms with E-state index in [1.165, 1.54) is 11.8 Å². The summed E-state index contributed by atoms with van der Waals surface area (Å²) in [7, 11) is 0. The highest BCUT2D eigenvalue weighted by Crippen LogP contribution is 2.20. The average molecular weight is 315 g/mol. The summed E-state index contributed by atoms with van der Waals surface area (Å²) in [6.07, 6.45) is 0. The Morgan fingerprint density at radius 2 is 1.85 bits per heavy atom. The van der Waals surface area contributed by atoms with Gasteiger partial charge in [0, 0.05) is 42.6 Å². The van der Waals surface area contributed by atoms with E-state index in [4.69, 9.17) is 16.7 Å². The fraction of sp³-hybridized carbons (Fsp3) is 0.500. The number of β-amino-alcohol motifs (C(OH)–C–C–N with tert-alkyl or cyclic N) is 1. The first kappa shape index (κ1) is 15.6. The van der Waals surface area contributed by atoms with Crippen molar-refractivity contribution in [3.05, 3.63) is 29.3 Å². The highest BCUT2D eigenvalue weighted by Gasteiger charge is 2.20. The lowest BCUT2D eigenvalue weighted by Crippen LogP contribution is -2.49. The molecule has 4 nitrogen and oxygen atoms in total. The van der Waals surface area contributed by atoms with Crippen LogP contribution in [0.15, 0.2) is 29.2 Å². The van der Waals surface area contributed by atoms with Crippen molar-refractivity contribution in [1.29, 1.82) is 0 Å². The van der Waals surface area contributed by atoms with Crippen LogP contribution in [0.1, 0.15) is 0 Å². The molecule has 1 heterocycles. The number of aliphatic hydroxyl groups is 1. The molecule has 0 spiro atoms. The van der Waals surface area contributed by atoms with E-state index in [1.807, 2.05) is 29.2 Å². The van der Waals surface area contributed by atoms with Crippen LogP contribution < -0.4 is 0 Å². The van der Waals surface area contributed by atoms with E-state index in [0.29, 0.717) is 17.3 Å². The number of piperazine rings is 1. The van der Waals surface area contributed by atoms with Gasteiger partial charge in [-0.1, -0.05) is 11.6 Å². The molecule has 0 unspecified atom stereocenters. The second kappa shape index (κ2) is 7.88. The third-order valence-electron chi connectivity index (χ3n) is 3.32. The van der Waals surface area contributed by atoms with Gasteiger partial charge >= 0.3 is 0 Å². The zero-order valence-electron chi connectivity index (χ0n) is 11.3. The van der Waals surface area contributed by atoms with E-state index < -0.39 is 0 Å². The summed E-state index contributed by atoms with van der Waals surface area (Å²) < 4.78 is 0. The maximum atomic E-state index is 12.1. The quantitative estimate of drug-likeness (QED) is 0.838. The second-order valence-corrected chi connectivity index (χ2v) is 6.17. The highest BCUT2D eigenvalue weighted by atomic mass is 35.5. The number of benzene rings is 1. The van der Waals surface area contributed by atoms with Crippen LogP contribution in [0.2, 0.25) is 5.02 Å². The van der Waals surface area contributed by atoms with Gasteiger partial charge in [-0.05, 0) is 24.3 Å². The number of hydrogen-bond donors (Lipinski definition) is 1. The molecular formula is C14H19ClN2O2S. The molecule has 1 saturated heterocycles. The topological polar surface area (TPSA) is 43.8 Å². The Morgan fingerprint density at radius 3 is 2.45 bits per heavy atom. The molecule has 1 aromatic carbocycles. The van der Waals surface area contributed by atoms with Crippen LogP contribution in [0, 0.1) is 0 Å². The number of nitrogens with zero attached hydrogens (tertiary/aromatic N) is 2. The summed E-state index contributed by atoms with van der Waals surface area (Å²) in [5, 5.41) is 9.60. The lowest BCUT2D eigenvalue weighted by Gasteiger charge is -2.34. The van der Waals surface area contributed by atoms with E-state index in [1.54, 1.807) is 0 Å². The molecule has 0 bridgehead atoms. The van der Waals surface area contributed by atoms with E-state index in [-0.39, 0.29) is 12.5 Å². The third-order valence-corrected chi connectivity index (χ3v) is 4.57. The summed E-state index contributed by atoms with van der Waals surface area (Å²) in [5.74, 6) is 0.635. The van der Waals surface area contributed by atoms with Crippen molar-refractivity contribution >= 4 is 29.3 Å². The lowest BCUT2D eigenvalue weighted by atomic mass is 10.3. The van der Waals surface area contributed by atoms with Gasteiger partial charge in [0.1, 0.15) is 0 Å². The van der Waals surface area contributed by atoms with E-state index in [9.17, 15) is 4.79 Å². The number of carbonyl (C=O) groups is 1. The smallest absolute Gasteiger partial charge is 0.233 e. The predicted molar refractivity (Wildman–Crippen MR) is 82.3 cm³/mol. The molecule has 110 valence electrons. The van der Waals surface area contributed by atoms with E-state index in [2.05, 4.69) is 4.90 Å². The Morgan fingerprint density at radius 1 is 1.20 bits per heavy atom. The van der Waals surface area contributed by atoms with Gasteiger partial charge in [0.05, 0.1) is 12.4 Å². The minimum absolute atomic E-state index is 0.175. The zero-order valence-corrected chi connectivity index (χ0v) is 12.9. The Labute approximate surface area is 128 Å². The van der Waals surface area contributed by atoms with Crippen molar-refractivity contribution in [2.75, 3.05) is 45.1 Å². The van der Waals surface area contributed by atoms with Crippen molar-refractivity contribution in [1.82, 2.24) is 9.80 Å². The molecule has 0 atom stereocenters. The molecule has 1 N–H and O–H groups in total. The minimum Gasteiger partial charge on any atom is -0.395 e. The first-order chi connectivity index (χ1) is 9.69. The summed E-state index contributed by atoms with van der Waals surface area (Å²) in [6, 6.07) is 7.53. The van der Waals surface area contributed by atoms with Crippen molar-refractivity contribution in [2.45, 2.75) is 4.90 Å². The molecule has 1 aromatic rings. The molecule has 2 rings (SSSR count). The standard InChI is InChI=1S/C14H19ClN2O2S/c15-12-1-3-13(4-2-12)20-11-14(19)17-7-5-16(6-8-17)9-10-18/h1-4,18H,5-11H2. The van der Waals surface area contributed by atoms with Crippen LogP contribution in [-0.2, 0) is 4.79 Å². The summed E-state index contributed by atoms with van der Waals surface area (Å²) in [4.78, 5) is 17.2. The Balaban J connectivity index is 1.74. The number of hydrogen-bond acceptors (Lipinski definition) is 4. The fourth-order valence-electron chi connectivity index (χ4n) is 2.13. The molecule has 1 amide bonds. The van der Waals surface area contributed by atoms with E-state index in [0.717, 1.165) is 31.1 Å². The minimum atomic E-state index is 0.175. The van der Waals surface area contributed by atoms with Crippen LogP contribution >= 0.6 is 23.4 Å². The Bertz CT molecular complexity index is 433. The molecule has 1 fully saturated rings. The molecule has 1 aliphatic heterocycles. The largest absolute Gasteiger partial charge is 0.395 e. The van der Waals surface area contributed by atoms with Crippen LogP contribution in [0.5, 0.6) is 0 Å². The summed E-state index contributed by atoms with van der Waals surface area (Å²) in [6.45, 7) is 4.07. The monoisotopic (exact) mass is 314 g/mol. The van der Waals surface area contributed by atoms with Crippen LogP contribution in [0.25, 0.3) is 0 Å². The van der Waals surface area contributed by atoms with Gasteiger partial charge in [-0.15, -0.1) is 11.8 Å². The van der Waals surface area contributed by atoms with Gasteiger partial charge in [-0.2, -0.15) is 0 Å². The SMILES string of the molecule is O=C(CSc1ccc(Cl)cc1)N1CCN(CCO)CC1. The molecule has 0 radical (unpaired) electrons. The van der Waals surface area contributed by atoms with Crippen molar-refractivity contribution < 1.29 is 9.90 Å². The second-order valence-electron chi connectivity index (χ2n) is 4.69. The molecule has 6 heteroatoms. The third kappa shape index (κ3) is 4.66. The fourth-order valence-corrected chi connectivity index (χ4v) is 3.06. The summed E-state index contributed by atoms with van der Waals surface area (Å²) >= 11 is 7.37. The first-order valence-corrected chi connectivity index (χ1v) is 8.05. The average Bonchev–Trinajstić information content (AvgIpc) is 2.47. The highest BCUT2D eigenvalue weighted by molar-refractivity contribution is 8.00. The number of halogens is 1. The van der Waals surface area contributed by atoms with Gasteiger partial charge in [0.2, 0.25) is 5.91 Å². The molecule has 0 saturated carbocycles. The predicted octanol–water partition coefficient (Wildman–Crippen LogP) is 1.57. The van der Waals surface area contributed by atoms with Crippen molar-refractivity contribution in [3.63, 3.8) is 0 Å². The van der Waals surface area contributed by atoms with Crippen LogP contribution in [0.4, 0.5) is 0 Å². The first-order valence-electron chi connectivity index (χ1n) is 6.68. The normalized spacial score (nSPS) is 16.4. The molecular weight excluding hydrogens is 296 g/mol. The van der Waals surface area contributed by atoms with Gasteiger partial charge < -0.3 is 10.0 Å². The van der Waals surface area contributed by atoms with E-state index >= 15 is 0 Å². The van der Waals surface area contributed by atoms with Gasteiger partial charge in [0.15, 0.2) is 0 Å².